The topological polar surface area (TPSA) is 95.9 Å². The normalized spacial score (nSPS) is 13.9. The van der Waals surface area contributed by atoms with Crippen LogP contribution in [0.2, 0.25) is 0 Å². The fourth-order valence-corrected chi connectivity index (χ4v) is 6.82. The minimum absolute atomic E-state index is 0.0392. The number of carbonyl (C=O) groups is 2. The lowest BCUT2D eigenvalue weighted by atomic mass is 10.0. The van der Waals surface area contributed by atoms with E-state index in [1.54, 1.807) is 0 Å². The summed E-state index contributed by atoms with van der Waals surface area (Å²) in [6, 6.07) is -0.720. The van der Waals surface area contributed by atoms with E-state index in [0.29, 0.717) is 25.7 Å². The lowest BCUT2D eigenvalue weighted by Gasteiger charge is -2.24. The van der Waals surface area contributed by atoms with Crippen LogP contribution in [-0.4, -0.2) is 46.9 Å². The number of ether oxygens (including phenoxy) is 1. The molecule has 6 nitrogen and oxygen atoms in total. The van der Waals surface area contributed by atoms with Gasteiger partial charge in [-0.05, 0) is 89.9 Å². The molecule has 0 aromatic rings. The molecule has 0 radical (unpaired) electrons. The Morgan fingerprint density at radius 1 is 0.517 bits per heavy atom. The lowest BCUT2D eigenvalue weighted by Crippen LogP contribution is -2.46. The van der Waals surface area contributed by atoms with E-state index in [1.165, 1.54) is 83.5 Å². The van der Waals surface area contributed by atoms with E-state index < -0.39 is 18.2 Å². The van der Waals surface area contributed by atoms with Gasteiger partial charge in [-0.2, -0.15) is 0 Å². The van der Waals surface area contributed by atoms with E-state index in [1.807, 2.05) is 0 Å². The van der Waals surface area contributed by atoms with Crippen molar-refractivity contribution in [2.45, 2.75) is 238 Å². The van der Waals surface area contributed by atoms with Crippen LogP contribution in [0.4, 0.5) is 0 Å². The molecule has 1 amide bonds. The molecule has 0 aromatic heterocycles. The highest BCUT2D eigenvalue weighted by atomic mass is 16.5. The van der Waals surface area contributed by atoms with Gasteiger partial charge in [-0.1, -0.05) is 190 Å². The molecule has 58 heavy (non-hydrogen) atoms. The molecule has 0 aromatic carbocycles. The molecule has 334 valence electrons. The number of hydrogen-bond acceptors (Lipinski definition) is 5. The van der Waals surface area contributed by atoms with Gasteiger partial charge in [-0.3, -0.25) is 9.59 Å². The van der Waals surface area contributed by atoms with E-state index in [-0.39, 0.29) is 24.9 Å². The van der Waals surface area contributed by atoms with Crippen LogP contribution in [0.25, 0.3) is 0 Å². The van der Waals surface area contributed by atoms with Crippen molar-refractivity contribution in [3.05, 3.63) is 72.9 Å². The van der Waals surface area contributed by atoms with Gasteiger partial charge in [0.05, 0.1) is 25.2 Å². The number of aliphatic hydroxyl groups excluding tert-OH is 2. The Bertz CT molecular complexity index is 1090. The molecular formula is C52H91NO5. The quantitative estimate of drug-likeness (QED) is 0.0247. The first-order valence-corrected chi connectivity index (χ1v) is 24.2. The molecule has 0 aliphatic heterocycles. The van der Waals surface area contributed by atoms with Crippen molar-refractivity contribution < 1.29 is 24.5 Å². The number of rotatable bonds is 42. The van der Waals surface area contributed by atoms with Crippen molar-refractivity contribution in [1.29, 1.82) is 0 Å². The van der Waals surface area contributed by atoms with Gasteiger partial charge < -0.3 is 20.3 Å². The van der Waals surface area contributed by atoms with E-state index in [2.05, 4.69) is 99.0 Å². The summed E-state index contributed by atoms with van der Waals surface area (Å²) in [5.74, 6) is -0.567. The van der Waals surface area contributed by atoms with Crippen molar-refractivity contribution in [3.8, 4) is 0 Å². The summed E-state index contributed by atoms with van der Waals surface area (Å²) in [5.41, 5.74) is 0. The van der Waals surface area contributed by atoms with Crippen LogP contribution in [0.3, 0.4) is 0 Å². The number of nitrogens with one attached hydrogen (secondary N) is 1. The largest absolute Gasteiger partial charge is 0.462 e. The molecule has 0 aliphatic carbocycles. The number of amides is 1. The fourth-order valence-electron chi connectivity index (χ4n) is 6.82. The van der Waals surface area contributed by atoms with Crippen LogP contribution in [0.15, 0.2) is 72.9 Å². The highest BCUT2D eigenvalue weighted by molar-refractivity contribution is 5.77. The predicted molar refractivity (Wildman–Crippen MR) is 250 cm³/mol. The summed E-state index contributed by atoms with van der Waals surface area (Å²) < 4.78 is 5.88. The minimum atomic E-state index is -0.803. The van der Waals surface area contributed by atoms with Gasteiger partial charge >= 0.3 is 5.97 Å². The molecule has 3 unspecified atom stereocenters. The van der Waals surface area contributed by atoms with Gasteiger partial charge in [0.2, 0.25) is 5.91 Å². The van der Waals surface area contributed by atoms with Crippen LogP contribution in [0.1, 0.15) is 220 Å². The Hall–Kier alpha value is -2.70. The lowest BCUT2D eigenvalue weighted by molar-refractivity contribution is -0.151. The third-order valence-electron chi connectivity index (χ3n) is 10.5. The van der Waals surface area contributed by atoms with Crippen LogP contribution >= 0.6 is 0 Å². The molecule has 3 atom stereocenters. The summed E-state index contributed by atoms with van der Waals surface area (Å²) in [5, 5.41) is 23.6. The van der Waals surface area contributed by atoms with Gasteiger partial charge in [0.15, 0.2) is 0 Å². The number of allylic oxidation sites excluding steroid dienone is 12. The summed E-state index contributed by atoms with van der Waals surface area (Å²) in [4.78, 5) is 26.0. The average molecular weight is 810 g/mol. The maximum Gasteiger partial charge on any atom is 0.306 e. The van der Waals surface area contributed by atoms with Crippen molar-refractivity contribution in [3.63, 3.8) is 0 Å². The fraction of sp³-hybridized carbons (Fsp3) is 0.731. The van der Waals surface area contributed by atoms with Crippen molar-refractivity contribution >= 4 is 11.9 Å². The van der Waals surface area contributed by atoms with E-state index in [9.17, 15) is 19.8 Å². The van der Waals surface area contributed by atoms with E-state index in [4.69, 9.17) is 4.74 Å². The van der Waals surface area contributed by atoms with Gasteiger partial charge in [0.25, 0.3) is 0 Å². The molecule has 0 rings (SSSR count). The smallest absolute Gasteiger partial charge is 0.306 e. The highest BCUT2D eigenvalue weighted by Crippen LogP contribution is 2.16. The second-order valence-electron chi connectivity index (χ2n) is 16.2. The van der Waals surface area contributed by atoms with Crippen molar-refractivity contribution in [2.24, 2.45) is 0 Å². The maximum atomic E-state index is 13.1. The molecule has 0 bridgehead atoms. The third kappa shape index (κ3) is 40.1. The molecule has 0 fully saturated rings. The van der Waals surface area contributed by atoms with Crippen LogP contribution in [0.5, 0.6) is 0 Å². The zero-order chi connectivity index (χ0) is 42.4. The van der Waals surface area contributed by atoms with Crippen LogP contribution in [-0.2, 0) is 14.3 Å². The molecule has 0 saturated heterocycles. The summed E-state index contributed by atoms with van der Waals surface area (Å²) in [6.45, 7) is 6.37. The Kier molecular flexibility index (Phi) is 43.3. The van der Waals surface area contributed by atoms with Gasteiger partial charge in [-0.25, -0.2) is 0 Å². The molecule has 0 saturated carbocycles. The zero-order valence-corrected chi connectivity index (χ0v) is 37.9. The first-order valence-electron chi connectivity index (χ1n) is 24.2. The average Bonchev–Trinajstić information content (AvgIpc) is 3.22. The van der Waals surface area contributed by atoms with Crippen molar-refractivity contribution in [2.75, 3.05) is 6.61 Å². The Labute approximate surface area is 358 Å². The molecule has 0 heterocycles. The standard InChI is InChI=1S/C52H91NO5/c1-4-7-10-13-16-19-21-23-24-25-26-28-30-33-36-39-42-45-52(57)58-48(43-40-37-34-32-29-27-22-20-17-14-11-8-5-2)46-51(56)53-49(47-54)50(55)44-41-38-35-31-18-15-12-9-6-3/h16-17,19-20,22-24,26-28,33,36,48-50,54-55H,4-15,18,21,25,29-32,34-35,37-47H2,1-3H3,(H,53,56)/b19-16-,20-17+,24-23-,27-22+,28-26-,36-33-. The zero-order valence-electron chi connectivity index (χ0n) is 37.9. The SMILES string of the molecule is CCCCC/C=C\C/C=C\C/C=C\C/C=C\CCCC(=O)OC(CCCCCC/C=C/C=C/CCCCC)CC(=O)NC(CO)C(O)CCCCCCCCCCC. The molecule has 3 N–H and O–H groups in total. The van der Waals surface area contributed by atoms with Crippen LogP contribution < -0.4 is 5.32 Å². The minimum Gasteiger partial charge on any atom is -0.462 e. The second kappa shape index (κ2) is 45.4. The van der Waals surface area contributed by atoms with E-state index in [0.717, 1.165) is 83.5 Å². The number of aliphatic hydroxyl groups is 2. The van der Waals surface area contributed by atoms with E-state index >= 15 is 0 Å². The number of unbranched alkanes of at least 4 members (excludes halogenated alkanes) is 19. The second-order valence-corrected chi connectivity index (χ2v) is 16.2. The first-order chi connectivity index (χ1) is 28.5. The Morgan fingerprint density at radius 3 is 1.47 bits per heavy atom. The monoisotopic (exact) mass is 810 g/mol. The maximum absolute atomic E-state index is 13.1. The number of carbonyl (C=O) groups excluding carboxylic acids is 2. The molecule has 6 heteroatoms. The van der Waals surface area contributed by atoms with Gasteiger partial charge in [0.1, 0.15) is 6.10 Å². The number of hydrogen-bond donors (Lipinski definition) is 3. The summed E-state index contributed by atoms with van der Waals surface area (Å²) in [6.07, 6.45) is 56.8. The molecule has 0 spiro atoms. The van der Waals surface area contributed by atoms with Gasteiger partial charge in [-0.15, -0.1) is 0 Å². The van der Waals surface area contributed by atoms with Crippen LogP contribution in [0, 0.1) is 0 Å². The highest BCUT2D eigenvalue weighted by Gasteiger charge is 2.24. The summed E-state index contributed by atoms with van der Waals surface area (Å²) in [7, 11) is 0. The van der Waals surface area contributed by atoms with Crippen molar-refractivity contribution in [1.82, 2.24) is 5.32 Å². The molecule has 0 aliphatic rings. The third-order valence-corrected chi connectivity index (χ3v) is 10.5. The summed E-state index contributed by atoms with van der Waals surface area (Å²) >= 11 is 0. The predicted octanol–water partition coefficient (Wildman–Crippen LogP) is 14.2. The first kappa shape index (κ1) is 55.3. The Balaban J connectivity index is 4.72. The number of esters is 1. The molecular weight excluding hydrogens is 719 g/mol. The van der Waals surface area contributed by atoms with Gasteiger partial charge in [0, 0.05) is 6.42 Å². The Morgan fingerprint density at radius 2 is 0.931 bits per heavy atom.